The van der Waals surface area contributed by atoms with E-state index in [-0.39, 0.29) is 6.10 Å². The first-order valence-electron chi connectivity index (χ1n) is 11.1. The maximum Gasteiger partial charge on any atom is 0.193 e. The summed E-state index contributed by atoms with van der Waals surface area (Å²) in [7, 11) is 1.91. The summed E-state index contributed by atoms with van der Waals surface area (Å²) in [6.45, 7) is 8.51. The molecule has 4 atom stereocenters. The Bertz CT molecular complexity index is 649. The Kier molecular flexibility index (Phi) is 6.53. The van der Waals surface area contributed by atoms with E-state index in [0.29, 0.717) is 17.9 Å². The lowest BCUT2D eigenvalue weighted by molar-refractivity contribution is -0.0455. The van der Waals surface area contributed by atoms with Gasteiger partial charge >= 0.3 is 0 Å². The van der Waals surface area contributed by atoms with Crippen molar-refractivity contribution in [3.8, 4) is 0 Å². The van der Waals surface area contributed by atoms with E-state index < -0.39 is 0 Å². The molecule has 0 bridgehead atoms. The number of aliphatic imine (C=N–C) groups is 1. The fraction of sp³-hybridized carbons (Fsp3) is 0.696. The number of nitrogens with one attached hydrogen (secondary N) is 1. The van der Waals surface area contributed by atoms with Crippen molar-refractivity contribution in [2.24, 2.45) is 10.9 Å². The molecule has 4 unspecified atom stereocenters. The number of ether oxygens (including phenoxy) is 1. The number of benzene rings is 1. The van der Waals surface area contributed by atoms with E-state index in [1.54, 1.807) is 0 Å². The Labute approximate surface area is 170 Å². The van der Waals surface area contributed by atoms with Gasteiger partial charge in [0.25, 0.3) is 0 Å². The predicted molar refractivity (Wildman–Crippen MR) is 115 cm³/mol. The van der Waals surface area contributed by atoms with Gasteiger partial charge in [-0.25, -0.2) is 0 Å². The Balaban J connectivity index is 1.31. The second kappa shape index (κ2) is 9.27. The van der Waals surface area contributed by atoms with Gasteiger partial charge in [0.1, 0.15) is 0 Å². The highest BCUT2D eigenvalue weighted by Gasteiger charge is 2.33. The maximum atomic E-state index is 6.11. The molecule has 0 aromatic heterocycles. The zero-order valence-electron chi connectivity index (χ0n) is 17.5. The fourth-order valence-electron chi connectivity index (χ4n) is 5.32. The Morgan fingerprint density at radius 2 is 2.04 bits per heavy atom. The van der Waals surface area contributed by atoms with Crippen molar-refractivity contribution in [2.45, 2.75) is 50.7 Å². The normalized spacial score (nSPS) is 31.6. The summed E-state index contributed by atoms with van der Waals surface area (Å²) >= 11 is 0. The van der Waals surface area contributed by atoms with Crippen LogP contribution < -0.4 is 5.32 Å². The summed E-state index contributed by atoms with van der Waals surface area (Å²) in [6, 6.07) is 11.7. The number of hydrogen-bond acceptors (Lipinski definition) is 3. The van der Waals surface area contributed by atoms with Gasteiger partial charge in [-0.1, -0.05) is 43.7 Å². The third-order valence-electron chi connectivity index (χ3n) is 6.95. The summed E-state index contributed by atoms with van der Waals surface area (Å²) in [5, 5.41) is 3.61. The van der Waals surface area contributed by atoms with Gasteiger partial charge in [0.05, 0.1) is 12.7 Å². The number of guanidine groups is 1. The van der Waals surface area contributed by atoms with Gasteiger partial charge in [-0.15, -0.1) is 0 Å². The summed E-state index contributed by atoms with van der Waals surface area (Å²) in [5.74, 6) is 2.37. The van der Waals surface area contributed by atoms with Crippen LogP contribution in [0.1, 0.15) is 44.1 Å². The predicted octanol–water partition coefficient (Wildman–Crippen LogP) is 2.94. The number of fused-ring (bicyclic) bond motifs is 1. The van der Waals surface area contributed by atoms with Crippen LogP contribution in [0.4, 0.5) is 0 Å². The molecule has 1 aromatic rings. The molecule has 0 spiro atoms. The second-order valence-electron chi connectivity index (χ2n) is 8.59. The number of nitrogens with zero attached hydrogens (tertiary/aromatic N) is 3. The van der Waals surface area contributed by atoms with Gasteiger partial charge in [0.2, 0.25) is 0 Å². The molecule has 0 aliphatic carbocycles. The Morgan fingerprint density at radius 3 is 2.82 bits per heavy atom. The van der Waals surface area contributed by atoms with Crippen LogP contribution in [0.25, 0.3) is 0 Å². The number of likely N-dealkylation sites (tertiary alicyclic amines) is 1. The average molecular weight is 385 g/mol. The van der Waals surface area contributed by atoms with Crippen LogP contribution >= 0.6 is 0 Å². The van der Waals surface area contributed by atoms with Crippen molar-refractivity contribution < 1.29 is 4.74 Å². The lowest BCUT2D eigenvalue weighted by Crippen LogP contribution is -2.53. The van der Waals surface area contributed by atoms with Gasteiger partial charge in [0, 0.05) is 39.3 Å². The van der Waals surface area contributed by atoms with Gasteiger partial charge in [-0.2, -0.15) is 0 Å². The van der Waals surface area contributed by atoms with Crippen LogP contribution in [0.15, 0.2) is 35.3 Å². The highest BCUT2D eigenvalue weighted by atomic mass is 16.5. The number of hydrogen-bond donors (Lipinski definition) is 1. The van der Waals surface area contributed by atoms with Crippen LogP contribution in [0.5, 0.6) is 0 Å². The minimum atomic E-state index is 0.273. The van der Waals surface area contributed by atoms with Gasteiger partial charge in [-0.3, -0.25) is 9.89 Å². The molecule has 3 aliphatic rings. The third kappa shape index (κ3) is 4.36. The maximum absolute atomic E-state index is 6.11. The average Bonchev–Trinajstić information content (AvgIpc) is 3.22. The van der Waals surface area contributed by atoms with Gasteiger partial charge < -0.3 is 15.0 Å². The van der Waals surface area contributed by atoms with Crippen molar-refractivity contribution in [3.63, 3.8) is 0 Å². The molecule has 0 amide bonds. The summed E-state index contributed by atoms with van der Waals surface area (Å²) in [4.78, 5) is 9.65. The highest BCUT2D eigenvalue weighted by molar-refractivity contribution is 5.80. The molecule has 5 nitrogen and oxygen atoms in total. The molecule has 5 heteroatoms. The van der Waals surface area contributed by atoms with E-state index in [4.69, 9.17) is 4.74 Å². The standard InChI is InChI=1S/C23H36N4O/c1-3-18-15-27(13-11-22(18)19-8-5-4-6-9-19)23(24-2)25-14-21-16-26-12-7-10-20(26)17-28-21/h4-6,8-9,18,20-22H,3,7,10-17H2,1-2H3,(H,24,25). The lowest BCUT2D eigenvalue weighted by Gasteiger charge is -2.41. The SMILES string of the molecule is CCC1CN(C(=NC)NCC2CN3CCCC3CO2)CCC1c1ccccc1. The quantitative estimate of drug-likeness (QED) is 0.640. The van der Waals surface area contributed by atoms with Crippen LogP contribution in [0.2, 0.25) is 0 Å². The third-order valence-corrected chi connectivity index (χ3v) is 6.95. The van der Waals surface area contributed by atoms with E-state index in [2.05, 4.69) is 57.4 Å². The molecule has 1 aromatic carbocycles. The molecule has 154 valence electrons. The molecule has 4 rings (SSSR count). The van der Waals surface area contributed by atoms with Crippen molar-refractivity contribution in [2.75, 3.05) is 46.4 Å². The first-order chi connectivity index (χ1) is 13.8. The van der Waals surface area contributed by atoms with E-state index in [1.165, 1.54) is 37.8 Å². The first-order valence-corrected chi connectivity index (χ1v) is 11.1. The Hall–Kier alpha value is -1.59. The second-order valence-corrected chi connectivity index (χ2v) is 8.59. The molecule has 3 aliphatic heterocycles. The van der Waals surface area contributed by atoms with Crippen molar-refractivity contribution >= 4 is 5.96 Å². The van der Waals surface area contributed by atoms with E-state index in [0.717, 1.165) is 38.7 Å². The minimum Gasteiger partial charge on any atom is -0.373 e. The van der Waals surface area contributed by atoms with Gasteiger partial charge in [0.15, 0.2) is 5.96 Å². The van der Waals surface area contributed by atoms with Crippen molar-refractivity contribution in [1.82, 2.24) is 15.1 Å². The van der Waals surface area contributed by atoms with Crippen LogP contribution in [0.3, 0.4) is 0 Å². The van der Waals surface area contributed by atoms with Gasteiger partial charge in [-0.05, 0) is 43.2 Å². The molecule has 3 fully saturated rings. The number of morpholine rings is 1. The van der Waals surface area contributed by atoms with Crippen molar-refractivity contribution in [1.29, 1.82) is 0 Å². The van der Waals surface area contributed by atoms with Crippen LogP contribution in [-0.4, -0.2) is 74.3 Å². The number of rotatable bonds is 4. The molecule has 0 radical (unpaired) electrons. The van der Waals surface area contributed by atoms with Crippen LogP contribution in [0, 0.1) is 5.92 Å². The zero-order valence-corrected chi connectivity index (χ0v) is 17.5. The summed E-state index contributed by atoms with van der Waals surface area (Å²) in [6.07, 6.45) is 5.30. The Morgan fingerprint density at radius 1 is 1.18 bits per heavy atom. The number of piperidine rings is 1. The smallest absolute Gasteiger partial charge is 0.193 e. The van der Waals surface area contributed by atoms with E-state index in [1.807, 2.05) is 7.05 Å². The highest BCUT2D eigenvalue weighted by Crippen LogP contribution is 2.34. The van der Waals surface area contributed by atoms with Crippen molar-refractivity contribution in [3.05, 3.63) is 35.9 Å². The zero-order chi connectivity index (χ0) is 19.3. The first kappa shape index (κ1) is 19.7. The van der Waals surface area contributed by atoms with E-state index >= 15 is 0 Å². The molecule has 3 saturated heterocycles. The molecular formula is C23H36N4O. The molecule has 0 saturated carbocycles. The summed E-state index contributed by atoms with van der Waals surface area (Å²) in [5.41, 5.74) is 1.49. The minimum absolute atomic E-state index is 0.273. The molecule has 28 heavy (non-hydrogen) atoms. The molecular weight excluding hydrogens is 348 g/mol. The monoisotopic (exact) mass is 384 g/mol. The summed E-state index contributed by atoms with van der Waals surface area (Å²) < 4.78 is 6.11. The lowest BCUT2D eigenvalue weighted by atomic mass is 9.79. The topological polar surface area (TPSA) is 40.1 Å². The molecule has 1 N–H and O–H groups in total. The van der Waals surface area contributed by atoms with E-state index in [9.17, 15) is 0 Å². The molecule has 3 heterocycles. The fourth-order valence-corrected chi connectivity index (χ4v) is 5.32. The van der Waals surface area contributed by atoms with Crippen LogP contribution in [-0.2, 0) is 4.74 Å². The largest absolute Gasteiger partial charge is 0.373 e.